The average molecular weight is 311 g/mol. The molecule has 0 amide bonds. The molecule has 0 aromatic heterocycles. The maximum Gasteiger partial charge on any atom is 0.0247 e. The zero-order valence-electron chi connectivity index (χ0n) is 11.3. The lowest BCUT2D eigenvalue weighted by molar-refractivity contribution is 0.162. The van der Waals surface area contributed by atoms with Gasteiger partial charge in [-0.25, -0.2) is 0 Å². The lowest BCUT2D eigenvalue weighted by atomic mass is 9.90. The van der Waals surface area contributed by atoms with Gasteiger partial charge in [0.15, 0.2) is 0 Å². The maximum atomic E-state index is 6.25. The highest BCUT2D eigenvalue weighted by atomic mass is 79.9. The van der Waals surface area contributed by atoms with E-state index in [0.717, 1.165) is 11.0 Å². The van der Waals surface area contributed by atoms with Crippen LogP contribution in [0.15, 0.2) is 22.7 Å². The van der Waals surface area contributed by atoms with Gasteiger partial charge < -0.3 is 5.73 Å². The highest BCUT2D eigenvalue weighted by molar-refractivity contribution is 9.10. The van der Waals surface area contributed by atoms with E-state index in [1.807, 2.05) is 0 Å². The highest BCUT2D eigenvalue weighted by Gasteiger charge is 2.25. The van der Waals surface area contributed by atoms with Crippen molar-refractivity contribution in [3.05, 3.63) is 33.8 Å². The Morgan fingerprint density at radius 3 is 2.78 bits per heavy atom. The van der Waals surface area contributed by atoms with E-state index in [1.165, 1.54) is 36.8 Å². The van der Waals surface area contributed by atoms with Gasteiger partial charge in [-0.1, -0.05) is 34.8 Å². The average Bonchev–Trinajstić information content (AvgIpc) is 2.34. The predicted octanol–water partition coefficient (Wildman–Crippen LogP) is 3.46. The zero-order chi connectivity index (χ0) is 13.1. The Labute approximate surface area is 119 Å². The van der Waals surface area contributed by atoms with Crippen molar-refractivity contribution in [1.82, 2.24) is 4.90 Å². The van der Waals surface area contributed by atoms with Crippen LogP contribution in [-0.2, 0) is 6.54 Å². The number of nitrogens with two attached hydrogens (primary N) is 1. The topological polar surface area (TPSA) is 29.3 Å². The van der Waals surface area contributed by atoms with Gasteiger partial charge in [-0.05, 0) is 50.1 Å². The minimum atomic E-state index is 0.344. The Kier molecular flexibility index (Phi) is 4.82. The van der Waals surface area contributed by atoms with E-state index < -0.39 is 0 Å². The van der Waals surface area contributed by atoms with Crippen LogP contribution >= 0.6 is 15.9 Å². The summed E-state index contributed by atoms with van der Waals surface area (Å²) in [4.78, 5) is 2.43. The van der Waals surface area contributed by atoms with Crippen LogP contribution in [0.1, 0.15) is 36.8 Å². The van der Waals surface area contributed by atoms with Gasteiger partial charge in [-0.15, -0.1) is 0 Å². The molecule has 0 bridgehead atoms. The highest BCUT2D eigenvalue weighted by Crippen LogP contribution is 2.24. The Morgan fingerprint density at radius 1 is 1.33 bits per heavy atom. The molecule has 2 nitrogen and oxygen atoms in total. The first-order valence-corrected chi connectivity index (χ1v) is 7.58. The molecule has 18 heavy (non-hydrogen) atoms. The summed E-state index contributed by atoms with van der Waals surface area (Å²) in [5.41, 5.74) is 9.00. The molecule has 2 unspecified atom stereocenters. The number of aryl methyl sites for hydroxylation is 1. The largest absolute Gasteiger partial charge is 0.326 e. The Balaban J connectivity index is 2.05. The molecule has 1 aromatic carbocycles. The molecule has 1 fully saturated rings. The first kappa shape index (κ1) is 14.0. The number of rotatable bonds is 3. The van der Waals surface area contributed by atoms with Crippen molar-refractivity contribution in [2.75, 3.05) is 7.05 Å². The summed E-state index contributed by atoms with van der Waals surface area (Å²) in [5, 5.41) is 0. The molecule has 2 rings (SSSR count). The number of hydrogen-bond acceptors (Lipinski definition) is 2. The molecule has 1 aromatic rings. The van der Waals surface area contributed by atoms with Crippen LogP contribution in [0.5, 0.6) is 0 Å². The first-order valence-electron chi connectivity index (χ1n) is 6.79. The molecule has 0 spiro atoms. The van der Waals surface area contributed by atoms with Crippen molar-refractivity contribution in [3.63, 3.8) is 0 Å². The van der Waals surface area contributed by atoms with Crippen molar-refractivity contribution in [2.45, 2.75) is 51.2 Å². The zero-order valence-corrected chi connectivity index (χ0v) is 12.9. The van der Waals surface area contributed by atoms with Crippen LogP contribution in [-0.4, -0.2) is 24.0 Å². The molecular weight excluding hydrogens is 288 g/mol. The van der Waals surface area contributed by atoms with Gasteiger partial charge in [0.25, 0.3) is 0 Å². The van der Waals surface area contributed by atoms with Gasteiger partial charge in [-0.3, -0.25) is 4.90 Å². The van der Waals surface area contributed by atoms with Crippen LogP contribution < -0.4 is 5.73 Å². The fourth-order valence-electron chi connectivity index (χ4n) is 2.88. The molecule has 2 N–H and O–H groups in total. The van der Waals surface area contributed by atoms with Gasteiger partial charge >= 0.3 is 0 Å². The monoisotopic (exact) mass is 310 g/mol. The SMILES string of the molecule is Cc1ccc(Br)cc1CN(C)C1CCCCC1N. The quantitative estimate of drug-likeness (QED) is 0.926. The van der Waals surface area contributed by atoms with Gasteiger partial charge in [0, 0.05) is 23.1 Å². The molecule has 0 radical (unpaired) electrons. The molecular formula is C15H23BrN2. The third kappa shape index (κ3) is 3.34. The number of nitrogens with zero attached hydrogens (tertiary/aromatic N) is 1. The summed E-state index contributed by atoms with van der Waals surface area (Å²) in [6.45, 7) is 3.17. The summed E-state index contributed by atoms with van der Waals surface area (Å²) in [6.07, 6.45) is 5.03. The second-order valence-corrected chi connectivity index (χ2v) is 6.42. The van der Waals surface area contributed by atoms with E-state index in [-0.39, 0.29) is 0 Å². The van der Waals surface area contributed by atoms with Crippen molar-refractivity contribution < 1.29 is 0 Å². The Hall–Kier alpha value is -0.380. The number of hydrogen-bond donors (Lipinski definition) is 1. The molecule has 2 atom stereocenters. The fraction of sp³-hybridized carbons (Fsp3) is 0.600. The van der Waals surface area contributed by atoms with E-state index in [4.69, 9.17) is 5.73 Å². The van der Waals surface area contributed by atoms with E-state index in [2.05, 4.69) is 53.0 Å². The molecule has 0 saturated heterocycles. The molecule has 100 valence electrons. The minimum Gasteiger partial charge on any atom is -0.326 e. The van der Waals surface area contributed by atoms with Crippen LogP contribution in [0.2, 0.25) is 0 Å². The van der Waals surface area contributed by atoms with Crippen LogP contribution in [0.3, 0.4) is 0 Å². The van der Waals surface area contributed by atoms with Gasteiger partial charge in [-0.2, -0.15) is 0 Å². The number of likely N-dealkylation sites (N-methyl/N-ethyl adjacent to an activating group) is 1. The standard InChI is InChI=1S/C15H23BrN2/c1-11-7-8-13(16)9-12(11)10-18(2)15-6-4-3-5-14(15)17/h7-9,14-15H,3-6,10,17H2,1-2H3. The van der Waals surface area contributed by atoms with Crippen molar-refractivity contribution >= 4 is 15.9 Å². The molecule has 1 aliphatic rings. The number of benzene rings is 1. The maximum absolute atomic E-state index is 6.25. The fourth-order valence-corrected chi connectivity index (χ4v) is 3.29. The van der Waals surface area contributed by atoms with Crippen LogP contribution in [0.25, 0.3) is 0 Å². The van der Waals surface area contributed by atoms with Crippen LogP contribution in [0, 0.1) is 6.92 Å². The van der Waals surface area contributed by atoms with Crippen molar-refractivity contribution in [2.24, 2.45) is 5.73 Å². The third-order valence-electron chi connectivity index (χ3n) is 4.08. The Morgan fingerprint density at radius 2 is 2.06 bits per heavy atom. The second kappa shape index (κ2) is 6.18. The predicted molar refractivity (Wildman–Crippen MR) is 80.6 cm³/mol. The molecule has 1 aliphatic carbocycles. The molecule has 0 aliphatic heterocycles. The summed E-state index contributed by atoms with van der Waals surface area (Å²) in [6, 6.07) is 7.38. The lowest BCUT2D eigenvalue weighted by Gasteiger charge is -2.36. The lowest BCUT2D eigenvalue weighted by Crippen LogP contribution is -2.47. The van der Waals surface area contributed by atoms with Crippen LogP contribution in [0.4, 0.5) is 0 Å². The number of halogens is 1. The van der Waals surface area contributed by atoms with E-state index in [1.54, 1.807) is 0 Å². The molecule has 0 heterocycles. The van der Waals surface area contributed by atoms with E-state index in [0.29, 0.717) is 12.1 Å². The molecule has 1 saturated carbocycles. The second-order valence-electron chi connectivity index (χ2n) is 5.50. The minimum absolute atomic E-state index is 0.344. The Bertz CT molecular complexity index is 405. The summed E-state index contributed by atoms with van der Waals surface area (Å²) in [5.74, 6) is 0. The van der Waals surface area contributed by atoms with Crippen molar-refractivity contribution in [3.8, 4) is 0 Å². The first-order chi connectivity index (χ1) is 8.58. The summed E-state index contributed by atoms with van der Waals surface area (Å²) in [7, 11) is 2.20. The van der Waals surface area contributed by atoms with Gasteiger partial charge in [0.2, 0.25) is 0 Å². The van der Waals surface area contributed by atoms with E-state index >= 15 is 0 Å². The van der Waals surface area contributed by atoms with E-state index in [9.17, 15) is 0 Å². The smallest absolute Gasteiger partial charge is 0.0247 e. The third-order valence-corrected chi connectivity index (χ3v) is 4.57. The van der Waals surface area contributed by atoms with Gasteiger partial charge in [0.05, 0.1) is 0 Å². The summed E-state index contributed by atoms with van der Waals surface area (Å²) >= 11 is 3.55. The van der Waals surface area contributed by atoms with Gasteiger partial charge in [0.1, 0.15) is 0 Å². The summed E-state index contributed by atoms with van der Waals surface area (Å²) < 4.78 is 1.16. The molecule has 3 heteroatoms. The normalized spacial score (nSPS) is 24.5. The van der Waals surface area contributed by atoms with Crippen molar-refractivity contribution in [1.29, 1.82) is 0 Å².